The first-order valence-corrected chi connectivity index (χ1v) is 21.0. The Labute approximate surface area is 333 Å². The lowest BCUT2D eigenvalue weighted by molar-refractivity contribution is 0.0732. The lowest BCUT2D eigenvalue weighted by atomic mass is 9.98. The van der Waals surface area contributed by atoms with Crippen LogP contribution >= 0.6 is 11.6 Å². The van der Waals surface area contributed by atoms with Crippen LogP contribution < -0.4 is 9.46 Å². The number of unbranched alkanes of at least 4 members (excludes halogenated alkanes) is 2. The van der Waals surface area contributed by atoms with E-state index in [2.05, 4.69) is 23.7 Å². The van der Waals surface area contributed by atoms with Crippen molar-refractivity contribution in [2.75, 3.05) is 19.6 Å². The van der Waals surface area contributed by atoms with Crippen molar-refractivity contribution in [1.82, 2.24) is 24.3 Å². The van der Waals surface area contributed by atoms with Gasteiger partial charge >= 0.3 is 0 Å². The smallest absolute Gasteiger partial charge is 0.275 e. The van der Waals surface area contributed by atoms with Crippen molar-refractivity contribution in [1.29, 1.82) is 0 Å². The molecule has 1 aliphatic heterocycles. The number of benzene rings is 4. The Hall–Kier alpha value is -5.20. The number of amides is 3. The SMILES string of the molecule is CCCCN(CCCC)C(=O)c1nn(-c2ccc(C(=O)NS(=O)(=O)c3ccc4ccc(OC(C)C)cc4c3)cc2C(=O)N2CCc3ccccc3C2)c(C)c1Cl. The molecular weight excluding hydrogens is 750 g/mol. The molecule has 11 nitrogen and oxygen atoms in total. The number of nitrogens with zero attached hydrogens (tertiary/aromatic N) is 4. The summed E-state index contributed by atoms with van der Waals surface area (Å²) in [6.07, 6.45) is 4.08. The van der Waals surface area contributed by atoms with Crippen LogP contribution in [0.25, 0.3) is 16.5 Å². The van der Waals surface area contributed by atoms with Crippen LogP contribution in [-0.2, 0) is 23.0 Å². The van der Waals surface area contributed by atoms with E-state index in [1.54, 1.807) is 28.9 Å². The van der Waals surface area contributed by atoms with Crippen molar-refractivity contribution in [3.05, 3.63) is 118 Å². The van der Waals surface area contributed by atoms with E-state index in [1.165, 1.54) is 35.0 Å². The highest BCUT2D eigenvalue weighted by atomic mass is 35.5. The monoisotopic (exact) mass is 797 g/mol. The maximum Gasteiger partial charge on any atom is 0.275 e. The number of carbonyl (C=O) groups excluding carboxylic acids is 3. The zero-order chi connectivity index (χ0) is 40.1. The van der Waals surface area contributed by atoms with Crippen molar-refractivity contribution < 1.29 is 27.5 Å². The zero-order valence-electron chi connectivity index (χ0n) is 32.5. The number of fused-ring (bicyclic) bond motifs is 2. The molecule has 0 atom stereocenters. The maximum atomic E-state index is 14.5. The molecule has 5 aromatic rings. The van der Waals surface area contributed by atoms with Crippen LogP contribution in [0.1, 0.15) is 101 Å². The Kier molecular flexibility index (Phi) is 12.5. The lowest BCUT2D eigenvalue weighted by Gasteiger charge is -2.29. The quantitative estimate of drug-likeness (QED) is 0.120. The van der Waals surface area contributed by atoms with E-state index in [0.717, 1.165) is 42.2 Å². The van der Waals surface area contributed by atoms with E-state index in [0.29, 0.717) is 55.1 Å². The topological polar surface area (TPSA) is 131 Å². The van der Waals surface area contributed by atoms with Crippen LogP contribution in [0.2, 0.25) is 5.02 Å². The van der Waals surface area contributed by atoms with Gasteiger partial charge in [-0.3, -0.25) is 14.4 Å². The van der Waals surface area contributed by atoms with Gasteiger partial charge in [-0.25, -0.2) is 17.8 Å². The molecule has 56 heavy (non-hydrogen) atoms. The second kappa shape index (κ2) is 17.3. The summed E-state index contributed by atoms with van der Waals surface area (Å²) in [6.45, 7) is 11.6. The van der Waals surface area contributed by atoms with Gasteiger partial charge in [-0.2, -0.15) is 5.10 Å². The molecule has 294 valence electrons. The summed E-state index contributed by atoms with van der Waals surface area (Å²) >= 11 is 6.82. The minimum Gasteiger partial charge on any atom is -0.491 e. The van der Waals surface area contributed by atoms with Gasteiger partial charge in [0.1, 0.15) is 5.75 Å². The molecule has 0 spiro atoms. The molecule has 1 aliphatic rings. The Bertz CT molecular complexity index is 2380. The number of nitrogens with one attached hydrogen (secondary N) is 1. The third kappa shape index (κ3) is 8.76. The molecule has 0 saturated carbocycles. The standard InChI is InChI=1S/C43H48ClN5O6S/c1-6-8-21-47(22-9-7-2)43(52)40-39(44)29(5)49(45-40)38-19-16-32(26-37(38)42(51)48-23-20-30-12-10-11-13-33(30)27-48)41(50)46-56(53,54)36-18-15-31-14-17-35(55-28(3)4)24-34(31)25-36/h10-19,24-26,28H,6-9,20-23,27H2,1-5H3,(H,46,50). The molecule has 13 heteroatoms. The molecule has 1 N–H and O–H groups in total. The normalized spacial score (nSPS) is 12.8. The summed E-state index contributed by atoms with van der Waals surface area (Å²) in [5.41, 5.74) is 3.04. The second-order valence-corrected chi connectivity index (χ2v) is 16.5. The third-order valence-corrected chi connectivity index (χ3v) is 11.7. The summed E-state index contributed by atoms with van der Waals surface area (Å²) in [7, 11) is -4.34. The fourth-order valence-electron chi connectivity index (χ4n) is 6.85. The highest BCUT2D eigenvalue weighted by Gasteiger charge is 2.30. The van der Waals surface area contributed by atoms with Crippen molar-refractivity contribution in [2.24, 2.45) is 0 Å². The first-order valence-electron chi connectivity index (χ1n) is 19.1. The molecule has 0 bridgehead atoms. The number of hydrogen-bond donors (Lipinski definition) is 1. The van der Waals surface area contributed by atoms with E-state index >= 15 is 0 Å². The van der Waals surface area contributed by atoms with Gasteiger partial charge in [0.2, 0.25) is 0 Å². The van der Waals surface area contributed by atoms with Gasteiger partial charge < -0.3 is 14.5 Å². The number of ether oxygens (including phenoxy) is 1. The van der Waals surface area contributed by atoms with Crippen molar-refractivity contribution in [3.8, 4) is 11.4 Å². The summed E-state index contributed by atoms with van der Waals surface area (Å²) in [5.74, 6) is -0.999. The Morgan fingerprint density at radius 3 is 2.30 bits per heavy atom. The van der Waals surface area contributed by atoms with Crippen LogP contribution in [-0.4, -0.2) is 71.5 Å². The maximum absolute atomic E-state index is 14.5. The molecule has 0 radical (unpaired) electrons. The van der Waals surface area contributed by atoms with Crippen LogP contribution in [0.15, 0.2) is 83.8 Å². The fraction of sp³-hybridized carbons (Fsp3) is 0.349. The van der Waals surface area contributed by atoms with Gasteiger partial charge in [0.15, 0.2) is 5.69 Å². The fourth-order valence-corrected chi connectivity index (χ4v) is 8.05. The molecule has 6 rings (SSSR count). The first kappa shape index (κ1) is 40.5. The highest BCUT2D eigenvalue weighted by Crippen LogP contribution is 2.30. The van der Waals surface area contributed by atoms with Crippen LogP contribution in [0, 0.1) is 6.92 Å². The number of carbonyl (C=O) groups is 3. The molecule has 0 fully saturated rings. The molecule has 3 amide bonds. The van der Waals surface area contributed by atoms with Crippen LogP contribution in [0.5, 0.6) is 5.75 Å². The zero-order valence-corrected chi connectivity index (χ0v) is 34.0. The van der Waals surface area contributed by atoms with Crippen molar-refractivity contribution >= 4 is 50.1 Å². The summed E-state index contributed by atoms with van der Waals surface area (Å²) < 4.78 is 36.7. The Balaban J connectivity index is 1.36. The van der Waals surface area contributed by atoms with Gasteiger partial charge in [0, 0.05) is 31.7 Å². The average Bonchev–Trinajstić information content (AvgIpc) is 3.49. The van der Waals surface area contributed by atoms with Crippen LogP contribution in [0.4, 0.5) is 0 Å². The van der Waals surface area contributed by atoms with E-state index in [1.807, 2.05) is 50.2 Å². The molecule has 1 aromatic heterocycles. The third-order valence-electron chi connectivity index (χ3n) is 9.92. The summed E-state index contributed by atoms with van der Waals surface area (Å²) in [6, 6.07) is 22.3. The molecule has 0 saturated heterocycles. The van der Waals surface area contributed by atoms with Crippen molar-refractivity contribution in [2.45, 2.75) is 84.3 Å². The Morgan fingerprint density at radius 2 is 1.61 bits per heavy atom. The number of sulfonamides is 1. The molecule has 0 unspecified atom stereocenters. The largest absolute Gasteiger partial charge is 0.491 e. The number of aromatic nitrogens is 2. The lowest BCUT2D eigenvalue weighted by Crippen LogP contribution is -2.37. The predicted molar refractivity (Wildman–Crippen MR) is 218 cm³/mol. The first-order chi connectivity index (χ1) is 26.8. The van der Waals surface area contributed by atoms with Gasteiger partial charge in [-0.15, -0.1) is 0 Å². The molecule has 0 aliphatic carbocycles. The highest BCUT2D eigenvalue weighted by molar-refractivity contribution is 7.90. The molecular formula is C43H48ClN5O6S. The number of rotatable bonds is 14. The van der Waals surface area contributed by atoms with Crippen molar-refractivity contribution in [3.63, 3.8) is 0 Å². The average molecular weight is 798 g/mol. The Morgan fingerprint density at radius 1 is 0.911 bits per heavy atom. The minimum absolute atomic E-state index is 0.0518. The minimum atomic E-state index is -4.34. The predicted octanol–water partition coefficient (Wildman–Crippen LogP) is 8.13. The van der Waals surface area contributed by atoms with E-state index in [4.69, 9.17) is 16.3 Å². The van der Waals surface area contributed by atoms with Gasteiger partial charge in [-0.1, -0.05) is 74.7 Å². The van der Waals surface area contributed by atoms with Crippen LogP contribution in [0.3, 0.4) is 0 Å². The number of halogens is 1. The van der Waals surface area contributed by atoms with E-state index < -0.39 is 15.9 Å². The van der Waals surface area contributed by atoms with Gasteiger partial charge in [-0.05, 0) is 104 Å². The van der Waals surface area contributed by atoms with E-state index in [9.17, 15) is 22.8 Å². The number of hydrogen-bond acceptors (Lipinski definition) is 7. The summed E-state index contributed by atoms with van der Waals surface area (Å²) in [4.78, 5) is 45.5. The summed E-state index contributed by atoms with van der Waals surface area (Å²) in [5, 5.41) is 6.28. The second-order valence-electron chi connectivity index (χ2n) is 14.4. The van der Waals surface area contributed by atoms with Gasteiger partial charge in [0.05, 0.1) is 33.0 Å². The molecule has 2 heterocycles. The van der Waals surface area contributed by atoms with E-state index in [-0.39, 0.29) is 44.7 Å². The molecule has 4 aromatic carbocycles. The van der Waals surface area contributed by atoms with Gasteiger partial charge in [0.25, 0.3) is 27.7 Å².